The zero-order chi connectivity index (χ0) is 35.6. The number of allylic oxidation sites excluding steroid dienone is 1. The van der Waals surface area contributed by atoms with Gasteiger partial charge in [0.2, 0.25) is 11.8 Å². The molecule has 0 fully saturated rings. The van der Waals surface area contributed by atoms with Crippen molar-refractivity contribution in [2.75, 3.05) is 21.0 Å². The minimum Gasteiger partial charge on any atom is -0.493 e. The van der Waals surface area contributed by atoms with Gasteiger partial charge in [-0.15, -0.1) is 0 Å². The van der Waals surface area contributed by atoms with Crippen LogP contribution in [0.3, 0.4) is 0 Å². The second-order valence-corrected chi connectivity index (χ2v) is 12.0. The van der Waals surface area contributed by atoms with Crippen molar-refractivity contribution >= 4 is 45.8 Å². The van der Waals surface area contributed by atoms with E-state index in [1.54, 1.807) is 17.0 Å². The molecule has 11 nitrogen and oxygen atoms in total. The number of ether oxygens (including phenoxy) is 3. The average Bonchev–Trinajstić information content (AvgIpc) is 3.53. The van der Waals surface area contributed by atoms with Gasteiger partial charge in [-0.05, 0) is 71.7 Å². The molecule has 2 unspecified atom stereocenters. The molecule has 1 aromatic heterocycles. The van der Waals surface area contributed by atoms with Crippen molar-refractivity contribution in [3.8, 4) is 11.5 Å². The number of carboxylic acids is 2. The van der Waals surface area contributed by atoms with Crippen molar-refractivity contribution in [3.63, 3.8) is 0 Å². The number of benzene rings is 4. The number of para-hydroxylation sites is 2. The maximum absolute atomic E-state index is 14.1. The van der Waals surface area contributed by atoms with E-state index in [0.717, 1.165) is 27.4 Å². The molecule has 0 aliphatic heterocycles. The SMILES string of the molecule is COCOc1ccc(C(C/C=C/c2nc3ccccc3o2)C(C)N(Cc2ccc3ccccc3c2)C(=O)C[C@H](CC(=O)O)C(=O)O)cc1OC. The van der Waals surface area contributed by atoms with Gasteiger partial charge in [0, 0.05) is 32.0 Å². The Balaban J connectivity index is 1.53. The number of aromatic nitrogens is 1. The fourth-order valence-corrected chi connectivity index (χ4v) is 6.04. The molecule has 3 atom stereocenters. The molecule has 0 aliphatic rings. The number of carbonyl (C=O) groups excluding carboxylic acids is 1. The van der Waals surface area contributed by atoms with E-state index < -0.39 is 42.6 Å². The highest BCUT2D eigenvalue weighted by Crippen LogP contribution is 2.36. The van der Waals surface area contributed by atoms with E-state index >= 15 is 0 Å². The number of hydrogen-bond acceptors (Lipinski definition) is 8. The van der Waals surface area contributed by atoms with Crippen LogP contribution in [0.4, 0.5) is 0 Å². The Hall–Kier alpha value is -5.68. The zero-order valence-corrected chi connectivity index (χ0v) is 28.2. The number of fused-ring (bicyclic) bond motifs is 2. The van der Waals surface area contributed by atoms with Gasteiger partial charge in [-0.2, -0.15) is 0 Å². The lowest BCUT2D eigenvalue weighted by molar-refractivity contribution is -0.151. The summed E-state index contributed by atoms with van der Waals surface area (Å²) >= 11 is 0. The quantitative estimate of drug-likeness (QED) is 0.0971. The molecule has 0 saturated carbocycles. The molecule has 2 N–H and O–H groups in total. The molecule has 5 aromatic rings. The number of carbonyl (C=O) groups is 3. The summed E-state index contributed by atoms with van der Waals surface area (Å²) in [5.41, 5.74) is 3.07. The third kappa shape index (κ3) is 8.86. The van der Waals surface area contributed by atoms with Crippen molar-refractivity contribution in [2.24, 2.45) is 5.92 Å². The number of nitrogens with zero attached hydrogens (tertiary/aromatic N) is 2. The van der Waals surface area contributed by atoms with Gasteiger partial charge < -0.3 is 33.7 Å². The first-order chi connectivity index (χ1) is 24.2. The third-order valence-corrected chi connectivity index (χ3v) is 8.66. The van der Waals surface area contributed by atoms with E-state index in [4.69, 9.17) is 18.6 Å². The Bertz CT molecular complexity index is 1950. The van der Waals surface area contributed by atoms with E-state index in [2.05, 4.69) is 4.98 Å². The van der Waals surface area contributed by atoms with Crippen LogP contribution in [0.15, 0.2) is 95.4 Å². The average molecular weight is 681 g/mol. The monoisotopic (exact) mass is 680 g/mol. The van der Waals surface area contributed by atoms with Crippen LogP contribution in [0.1, 0.15) is 49.1 Å². The van der Waals surface area contributed by atoms with Crippen molar-refractivity contribution in [2.45, 2.75) is 44.7 Å². The van der Waals surface area contributed by atoms with Gasteiger partial charge in [0.25, 0.3) is 0 Å². The summed E-state index contributed by atoms with van der Waals surface area (Å²) in [6.07, 6.45) is 3.00. The Kier molecular flexibility index (Phi) is 11.8. The van der Waals surface area contributed by atoms with Gasteiger partial charge in [-0.25, -0.2) is 4.98 Å². The van der Waals surface area contributed by atoms with Crippen molar-refractivity contribution in [1.82, 2.24) is 9.88 Å². The first-order valence-electron chi connectivity index (χ1n) is 16.2. The van der Waals surface area contributed by atoms with E-state index in [-0.39, 0.29) is 19.3 Å². The number of amides is 1. The largest absolute Gasteiger partial charge is 0.493 e. The number of hydrogen-bond donors (Lipinski definition) is 2. The number of aliphatic carboxylic acids is 2. The molecule has 4 aromatic carbocycles. The number of methoxy groups -OCH3 is 2. The second-order valence-electron chi connectivity index (χ2n) is 12.0. The summed E-state index contributed by atoms with van der Waals surface area (Å²) in [7, 11) is 3.06. The van der Waals surface area contributed by atoms with Crippen LogP contribution in [0.5, 0.6) is 11.5 Å². The van der Waals surface area contributed by atoms with Gasteiger partial charge in [0.05, 0.1) is 19.4 Å². The topological polar surface area (TPSA) is 149 Å². The van der Waals surface area contributed by atoms with Crippen LogP contribution in [-0.4, -0.2) is 65.0 Å². The van der Waals surface area contributed by atoms with Crippen LogP contribution in [-0.2, 0) is 25.7 Å². The summed E-state index contributed by atoms with van der Waals surface area (Å²) in [4.78, 5) is 43.9. The summed E-state index contributed by atoms with van der Waals surface area (Å²) < 4.78 is 22.3. The predicted molar refractivity (Wildman–Crippen MR) is 188 cm³/mol. The minimum atomic E-state index is -1.39. The summed E-state index contributed by atoms with van der Waals surface area (Å²) in [6, 6.07) is 26.3. The molecule has 11 heteroatoms. The summed E-state index contributed by atoms with van der Waals surface area (Å²) in [5.74, 6) is -3.44. The first-order valence-corrected chi connectivity index (χ1v) is 16.2. The molecule has 1 heterocycles. The van der Waals surface area contributed by atoms with Crippen LogP contribution < -0.4 is 9.47 Å². The smallest absolute Gasteiger partial charge is 0.307 e. The molecule has 5 rings (SSSR count). The van der Waals surface area contributed by atoms with Gasteiger partial charge >= 0.3 is 11.9 Å². The number of carboxylic acid groups (broad SMARTS) is 2. The van der Waals surface area contributed by atoms with Gasteiger partial charge in [-0.1, -0.05) is 60.7 Å². The van der Waals surface area contributed by atoms with Crippen LogP contribution in [0, 0.1) is 5.92 Å². The molecule has 50 heavy (non-hydrogen) atoms. The molecule has 0 spiro atoms. The maximum Gasteiger partial charge on any atom is 0.307 e. The van der Waals surface area contributed by atoms with E-state index in [1.165, 1.54) is 14.2 Å². The molecule has 1 amide bonds. The molecular formula is C39H40N2O9. The molecule has 260 valence electrons. The lowest BCUT2D eigenvalue weighted by Crippen LogP contribution is -2.43. The predicted octanol–water partition coefficient (Wildman–Crippen LogP) is 7.14. The van der Waals surface area contributed by atoms with Gasteiger partial charge in [0.1, 0.15) is 5.52 Å². The lowest BCUT2D eigenvalue weighted by Gasteiger charge is -2.36. The highest BCUT2D eigenvalue weighted by Gasteiger charge is 2.32. The fraction of sp³-hybridized carbons (Fsp3) is 0.282. The van der Waals surface area contributed by atoms with E-state index in [9.17, 15) is 24.6 Å². The Labute approximate surface area is 289 Å². The summed E-state index contributed by atoms with van der Waals surface area (Å²) in [6.45, 7) is 2.10. The van der Waals surface area contributed by atoms with Crippen LogP contribution in [0.2, 0.25) is 0 Å². The van der Waals surface area contributed by atoms with Crippen LogP contribution in [0.25, 0.3) is 27.9 Å². The molecule has 0 radical (unpaired) electrons. The standard InChI is InChI=1S/C39H40N2O9/c1-25(41(37(42)21-30(39(45)46)22-38(43)44)23-26-15-16-27-9-4-5-10-28(27)19-26)31(29-17-18-34(49-24-47-2)35(20-29)48-3)11-8-14-36-40-32-12-6-7-13-33(32)50-36/h4-10,12-20,25,30-31H,11,21-24H2,1-3H3,(H,43,44)(H,45,46)/b14-8+/t25?,30-,31?/m1/s1. The highest BCUT2D eigenvalue weighted by molar-refractivity contribution is 5.86. The lowest BCUT2D eigenvalue weighted by atomic mass is 9.87. The molecule has 0 bridgehead atoms. The molecule has 0 aliphatic carbocycles. The molecule has 0 saturated heterocycles. The second kappa shape index (κ2) is 16.6. The molecular weight excluding hydrogens is 640 g/mol. The van der Waals surface area contributed by atoms with Gasteiger partial charge in [0.15, 0.2) is 23.9 Å². The Morgan fingerprint density at radius 3 is 2.38 bits per heavy atom. The number of oxazole rings is 1. The Morgan fingerprint density at radius 1 is 0.900 bits per heavy atom. The Morgan fingerprint density at radius 2 is 1.66 bits per heavy atom. The van der Waals surface area contributed by atoms with E-state index in [1.807, 2.05) is 91.9 Å². The fourth-order valence-electron chi connectivity index (χ4n) is 6.04. The maximum atomic E-state index is 14.1. The van der Waals surface area contributed by atoms with Crippen LogP contribution >= 0.6 is 0 Å². The first kappa shape index (κ1) is 35.6. The minimum absolute atomic E-state index is 0.0257. The van der Waals surface area contributed by atoms with E-state index in [0.29, 0.717) is 29.4 Å². The van der Waals surface area contributed by atoms with Crippen molar-refractivity contribution < 1.29 is 43.2 Å². The number of rotatable bonds is 17. The normalized spacial score (nSPS) is 13.3. The highest BCUT2D eigenvalue weighted by atomic mass is 16.7. The zero-order valence-electron chi connectivity index (χ0n) is 28.2. The van der Waals surface area contributed by atoms with Crippen molar-refractivity contribution in [3.05, 3.63) is 108 Å². The van der Waals surface area contributed by atoms with Crippen molar-refractivity contribution in [1.29, 1.82) is 0 Å². The third-order valence-electron chi connectivity index (χ3n) is 8.66. The summed E-state index contributed by atoms with van der Waals surface area (Å²) in [5, 5.41) is 21.2. The van der Waals surface area contributed by atoms with Gasteiger partial charge in [-0.3, -0.25) is 14.4 Å².